The van der Waals surface area contributed by atoms with Crippen LogP contribution in [-0.4, -0.2) is 44.5 Å². The van der Waals surface area contributed by atoms with E-state index in [0.29, 0.717) is 0 Å². The van der Waals surface area contributed by atoms with Gasteiger partial charge in [0.05, 0.1) is 17.5 Å². The van der Waals surface area contributed by atoms with Gasteiger partial charge in [0.2, 0.25) is 0 Å². The second kappa shape index (κ2) is 8.05. The maximum atomic E-state index is 9.50. The van der Waals surface area contributed by atoms with Crippen LogP contribution in [0.3, 0.4) is 0 Å². The average molecular weight is 336 g/mol. The minimum absolute atomic E-state index is 0.285. The average Bonchev–Trinajstić information content (AvgIpc) is 3.05. The molecular weight excluding hydrogens is 312 g/mol. The summed E-state index contributed by atoms with van der Waals surface area (Å²) in [6.45, 7) is 3.42. The van der Waals surface area contributed by atoms with Gasteiger partial charge < -0.3 is 10.0 Å². The number of hydrogen-bond acceptors (Lipinski definition) is 4. The maximum Gasteiger partial charge on any atom is 0.0988 e. The molecule has 0 amide bonds. The minimum Gasteiger partial charge on any atom is -0.393 e. The molecule has 130 valence electrons. The van der Waals surface area contributed by atoms with Crippen molar-refractivity contribution in [1.29, 1.82) is 0 Å². The molecule has 0 aliphatic rings. The Bertz CT molecular complexity index is 784. The van der Waals surface area contributed by atoms with Gasteiger partial charge in [0.15, 0.2) is 0 Å². The zero-order chi connectivity index (χ0) is 17.6. The smallest absolute Gasteiger partial charge is 0.0988 e. The molecule has 0 saturated carbocycles. The van der Waals surface area contributed by atoms with E-state index in [1.54, 1.807) is 6.20 Å². The molecule has 0 aliphatic heterocycles. The van der Waals surface area contributed by atoms with Gasteiger partial charge in [0.1, 0.15) is 0 Å². The lowest BCUT2D eigenvalue weighted by Gasteiger charge is -2.17. The first kappa shape index (κ1) is 17.3. The number of aliphatic hydroxyl groups excluding tert-OH is 1. The number of aromatic nitrogens is 3. The highest BCUT2D eigenvalue weighted by Crippen LogP contribution is 2.24. The molecule has 1 N–H and O–H groups in total. The molecule has 0 fully saturated rings. The summed E-state index contributed by atoms with van der Waals surface area (Å²) in [6, 6.07) is 14.1. The summed E-state index contributed by atoms with van der Waals surface area (Å²) in [5.74, 6) is 0. The van der Waals surface area contributed by atoms with Gasteiger partial charge >= 0.3 is 0 Å². The zero-order valence-corrected chi connectivity index (χ0v) is 14.7. The minimum atomic E-state index is -0.285. The molecule has 3 aromatic rings. The molecule has 0 aliphatic carbocycles. The molecule has 3 rings (SSSR count). The third-order valence-electron chi connectivity index (χ3n) is 4.11. The fourth-order valence-electron chi connectivity index (χ4n) is 2.76. The van der Waals surface area contributed by atoms with Crippen molar-refractivity contribution in [2.24, 2.45) is 0 Å². The van der Waals surface area contributed by atoms with Crippen LogP contribution in [0.25, 0.3) is 16.9 Å². The van der Waals surface area contributed by atoms with Gasteiger partial charge in [0, 0.05) is 42.8 Å². The summed E-state index contributed by atoms with van der Waals surface area (Å²) in [5, 5.41) is 14.3. The highest BCUT2D eigenvalue weighted by Gasteiger charge is 2.14. The van der Waals surface area contributed by atoms with Crippen molar-refractivity contribution in [1.82, 2.24) is 19.7 Å². The first-order valence-corrected chi connectivity index (χ1v) is 8.54. The number of benzene rings is 1. The molecule has 2 heterocycles. The van der Waals surface area contributed by atoms with Gasteiger partial charge in [-0.3, -0.25) is 4.98 Å². The fraction of sp³-hybridized carbons (Fsp3) is 0.300. The number of rotatable bonds is 7. The fourth-order valence-corrected chi connectivity index (χ4v) is 2.76. The molecule has 1 unspecified atom stereocenters. The van der Waals surface area contributed by atoms with E-state index in [-0.39, 0.29) is 6.10 Å². The molecule has 0 radical (unpaired) electrons. The third-order valence-corrected chi connectivity index (χ3v) is 4.11. The van der Waals surface area contributed by atoms with Crippen molar-refractivity contribution in [3.63, 3.8) is 0 Å². The quantitative estimate of drug-likeness (QED) is 0.720. The van der Waals surface area contributed by atoms with Gasteiger partial charge in [0.25, 0.3) is 0 Å². The number of nitrogens with zero attached hydrogens (tertiary/aromatic N) is 4. The van der Waals surface area contributed by atoms with Crippen LogP contribution in [0, 0.1) is 0 Å². The van der Waals surface area contributed by atoms with E-state index in [1.165, 1.54) is 0 Å². The normalized spacial score (nSPS) is 12.5. The lowest BCUT2D eigenvalue weighted by Crippen LogP contribution is -2.22. The van der Waals surface area contributed by atoms with Gasteiger partial charge in [-0.1, -0.05) is 18.2 Å². The van der Waals surface area contributed by atoms with Crippen molar-refractivity contribution < 1.29 is 5.11 Å². The van der Waals surface area contributed by atoms with Crippen LogP contribution in [0.4, 0.5) is 0 Å². The van der Waals surface area contributed by atoms with Crippen LogP contribution in [0.2, 0.25) is 0 Å². The largest absolute Gasteiger partial charge is 0.393 e. The molecule has 0 spiro atoms. The Morgan fingerprint density at radius 2 is 1.96 bits per heavy atom. The van der Waals surface area contributed by atoms with Crippen molar-refractivity contribution >= 4 is 0 Å². The Balaban J connectivity index is 1.91. The van der Waals surface area contributed by atoms with Crippen LogP contribution in [0.1, 0.15) is 18.9 Å². The maximum absolute atomic E-state index is 9.50. The molecule has 5 nitrogen and oxygen atoms in total. The first-order valence-electron chi connectivity index (χ1n) is 8.54. The molecule has 5 heteroatoms. The second-order valence-corrected chi connectivity index (χ2v) is 6.40. The van der Waals surface area contributed by atoms with Crippen molar-refractivity contribution in [2.75, 3.05) is 13.6 Å². The number of hydrogen-bond donors (Lipinski definition) is 1. The van der Waals surface area contributed by atoms with Crippen molar-refractivity contribution in [3.8, 4) is 16.9 Å². The van der Waals surface area contributed by atoms with E-state index >= 15 is 0 Å². The summed E-state index contributed by atoms with van der Waals surface area (Å²) in [7, 11) is 2.06. The van der Waals surface area contributed by atoms with Crippen molar-refractivity contribution in [2.45, 2.75) is 26.0 Å². The highest BCUT2D eigenvalue weighted by molar-refractivity contribution is 5.62. The third kappa shape index (κ3) is 4.53. The highest BCUT2D eigenvalue weighted by atomic mass is 16.3. The van der Waals surface area contributed by atoms with E-state index in [4.69, 9.17) is 5.10 Å². The molecule has 0 bridgehead atoms. The number of pyridine rings is 1. The summed E-state index contributed by atoms with van der Waals surface area (Å²) < 4.78 is 1.92. The Morgan fingerprint density at radius 3 is 2.64 bits per heavy atom. The molecule has 25 heavy (non-hydrogen) atoms. The first-order chi connectivity index (χ1) is 12.1. The summed E-state index contributed by atoms with van der Waals surface area (Å²) in [6.07, 6.45) is 6.16. The predicted octanol–water partition coefficient (Wildman–Crippen LogP) is 3.14. The van der Waals surface area contributed by atoms with Gasteiger partial charge in [-0.2, -0.15) is 5.10 Å². The van der Waals surface area contributed by atoms with Gasteiger partial charge in [-0.25, -0.2) is 4.68 Å². The molecule has 0 saturated heterocycles. The standard InChI is InChI=1S/C20H24N4O/c1-16(25)10-12-23(2)14-18-15-24(19-8-4-3-5-9-19)22-20(18)17-7-6-11-21-13-17/h3-9,11,13,15-16,25H,10,12,14H2,1-2H3. The molecule has 1 aromatic carbocycles. The van der Waals surface area contributed by atoms with E-state index < -0.39 is 0 Å². The lowest BCUT2D eigenvalue weighted by molar-refractivity contribution is 0.163. The molecular formula is C20H24N4O. The number of para-hydroxylation sites is 1. The Kier molecular flexibility index (Phi) is 5.58. The van der Waals surface area contributed by atoms with Crippen LogP contribution in [0.15, 0.2) is 61.1 Å². The van der Waals surface area contributed by atoms with E-state index in [1.807, 2.05) is 60.3 Å². The Hall–Kier alpha value is -2.50. The molecule has 2 aromatic heterocycles. The Morgan fingerprint density at radius 1 is 1.16 bits per heavy atom. The lowest BCUT2D eigenvalue weighted by atomic mass is 10.1. The van der Waals surface area contributed by atoms with Crippen molar-refractivity contribution in [3.05, 3.63) is 66.6 Å². The van der Waals surface area contributed by atoms with E-state index in [0.717, 1.165) is 42.0 Å². The SMILES string of the molecule is CC(O)CCN(C)Cc1cn(-c2ccccc2)nc1-c1cccnc1. The van der Waals surface area contributed by atoms with E-state index in [2.05, 4.69) is 23.1 Å². The monoisotopic (exact) mass is 336 g/mol. The van der Waals surface area contributed by atoms with E-state index in [9.17, 15) is 5.11 Å². The molecule has 1 atom stereocenters. The topological polar surface area (TPSA) is 54.2 Å². The van der Waals surface area contributed by atoms with Crippen LogP contribution in [-0.2, 0) is 6.54 Å². The summed E-state index contributed by atoms with van der Waals surface area (Å²) in [4.78, 5) is 6.43. The zero-order valence-electron chi connectivity index (χ0n) is 14.7. The second-order valence-electron chi connectivity index (χ2n) is 6.40. The Labute approximate surface area is 148 Å². The van der Waals surface area contributed by atoms with Gasteiger partial charge in [-0.05, 0) is 44.7 Å². The van der Waals surface area contributed by atoms with Gasteiger partial charge in [-0.15, -0.1) is 0 Å². The van der Waals surface area contributed by atoms with Crippen LogP contribution < -0.4 is 0 Å². The summed E-state index contributed by atoms with van der Waals surface area (Å²) in [5.41, 5.74) is 4.13. The summed E-state index contributed by atoms with van der Waals surface area (Å²) >= 11 is 0. The van der Waals surface area contributed by atoms with Crippen LogP contribution >= 0.6 is 0 Å². The van der Waals surface area contributed by atoms with Crippen LogP contribution in [0.5, 0.6) is 0 Å². The number of aliphatic hydroxyl groups is 1. The predicted molar refractivity (Wildman–Crippen MR) is 99.4 cm³/mol.